The van der Waals surface area contributed by atoms with Crippen LogP contribution in [-0.4, -0.2) is 59.8 Å². The molecule has 0 aliphatic carbocycles. The molecule has 2 aliphatic rings. The van der Waals surface area contributed by atoms with Crippen LogP contribution in [0.25, 0.3) is 0 Å². The van der Waals surface area contributed by atoms with E-state index in [1.54, 1.807) is 0 Å². The van der Waals surface area contributed by atoms with Crippen LogP contribution in [0.4, 0.5) is 0 Å². The molecule has 0 unspecified atom stereocenters. The fraction of sp³-hybridized carbons (Fsp3) is 0.727. The van der Waals surface area contributed by atoms with Crippen LogP contribution in [0.5, 0.6) is 5.75 Å². The number of para-hydroxylation sites is 1. The first-order valence-electron chi connectivity index (χ1n) is 10.4. The summed E-state index contributed by atoms with van der Waals surface area (Å²) < 4.78 is 6.16. The Labute approximate surface area is 159 Å². The molecular weight excluding hydrogens is 324 g/mol. The Morgan fingerprint density at radius 3 is 2.54 bits per heavy atom. The van der Waals surface area contributed by atoms with Crippen molar-refractivity contribution in [1.29, 1.82) is 0 Å². The predicted molar refractivity (Wildman–Crippen MR) is 107 cm³/mol. The average molecular weight is 361 g/mol. The maximum atomic E-state index is 10.4. The first kappa shape index (κ1) is 19.7. The summed E-state index contributed by atoms with van der Waals surface area (Å²) in [4.78, 5) is 4.99. The lowest BCUT2D eigenvalue weighted by atomic mass is 9.84. The SMILES string of the molecule is CC(C)(O)[C@H]1CCCN(Cc2ccccc2OCCN2CCCCC2)C1. The van der Waals surface area contributed by atoms with Crippen molar-refractivity contribution in [3.63, 3.8) is 0 Å². The number of hydrogen-bond acceptors (Lipinski definition) is 4. The van der Waals surface area contributed by atoms with Gasteiger partial charge in [-0.05, 0) is 71.1 Å². The van der Waals surface area contributed by atoms with E-state index in [1.807, 2.05) is 13.8 Å². The number of aliphatic hydroxyl groups is 1. The van der Waals surface area contributed by atoms with Crippen LogP contribution in [-0.2, 0) is 6.54 Å². The van der Waals surface area contributed by atoms with Gasteiger partial charge in [0.2, 0.25) is 0 Å². The van der Waals surface area contributed by atoms with Crippen LogP contribution in [0.1, 0.15) is 51.5 Å². The number of ether oxygens (including phenoxy) is 1. The average Bonchev–Trinajstić information content (AvgIpc) is 2.64. The third-order valence-corrected chi connectivity index (χ3v) is 5.98. The molecule has 0 radical (unpaired) electrons. The molecular formula is C22H36N2O2. The zero-order valence-electron chi connectivity index (χ0n) is 16.6. The quantitative estimate of drug-likeness (QED) is 0.807. The summed E-state index contributed by atoms with van der Waals surface area (Å²) >= 11 is 0. The second-order valence-corrected chi connectivity index (χ2v) is 8.59. The first-order valence-corrected chi connectivity index (χ1v) is 10.4. The van der Waals surface area contributed by atoms with Crippen molar-refractivity contribution in [2.45, 2.75) is 58.1 Å². The van der Waals surface area contributed by atoms with Crippen LogP contribution >= 0.6 is 0 Å². The zero-order valence-corrected chi connectivity index (χ0v) is 16.6. The van der Waals surface area contributed by atoms with Crippen molar-refractivity contribution in [2.24, 2.45) is 5.92 Å². The van der Waals surface area contributed by atoms with E-state index in [-0.39, 0.29) is 0 Å². The third kappa shape index (κ3) is 5.70. The van der Waals surface area contributed by atoms with Crippen molar-refractivity contribution in [2.75, 3.05) is 39.3 Å². The van der Waals surface area contributed by atoms with Gasteiger partial charge in [-0.2, -0.15) is 0 Å². The summed E-state index contributed by atoms with van der Waals surface area (Å²) in [6.07, 6.45) is 6.31. The van der Waals surface area contributed by atoms with Gasteiger partial charge < -0.3 is 9.84 Å². The molecule has 1 N–H and O–H groups in total. The second-order valence-electron chi connectivity index (χ2n) is 8.59. The molecule has 2 aliphatic heterocycles. The molecule has 4 heteroatoms. The standard InChI is InChI=1S/C22H36N2O2/c1-22(2,25)20-10-8-14-24(18-20)17-19-9-4-5-11-21(19)26-16-15-23-12-6-3-7-13-23/h4-5,9,11,20,25H,3,6-8,10,12-18H2,1-2H3/t20-/m0/s1. The first-order chi connectivity index (χ1) is 12.5. The van der Waals surface area contributed by atoms with Gasteiger partial charge in [0.05, 0.1) is 5.60 Å². The topological polar surface area (TPSA) is 35.9 Å². The maximum Gasteiger partial charge on any atom is 0.123 e. The summed E-state index contributed by atoms with van der Waals surface area (Å²) in [5.41, 5.74) is 0.672. The van der Waals surface area contributed by atoms with Crippen LogP contribution in [0.3, 0.4) is 0 Å². The van der Waals surface area contributed by atoms with Crippen LogP contribution in [0.2, 0.25) is 0 Å². The lowest BCUT2D eigenvalue weighted by Gasteiger charge is -2.38. The lowest BCUT2D eigenvalue weighted by Crippen LogP contribution is -2.44. The molecule has 1 aromatic carbocycles. The predicted octanol–water partition coefficient (Wildman–Crippen LogP) is 3.53. The molecule has 0 amide bonds. The third-order valence-electron chi connectivity index (χ3n) is 5.98. The number of piperidine rings is 2. The summed E-state index contributed by atoms with van der Waals surface area (Å²) in [6.45, 7) is 11.1. The Morgan fingerprint density at radius 2 is 1.77 bits per heavy atom. The van der Waals surface area contributed by atoms with Crippen LogP contribution in [0.15, 0.2) is 24.3 Å². The minimum Gasteiger partial charge on any atom is -0.492 e. The van der Waals surface area contributed by atoms with Crippen molar-refractivity contribution >= 4 is 0 Å². The fourth-order valence-corrected chi connectivity index (χ4v) is 4.26. The maximum absolute atomic E-state index is 10.4. The number of likely N-dealkylation sites (tertiary alicyclic amines) is 2. The molecule has 0 spiro atoms. The van der Waals surface area contributed by atoms with Crippen molar-refractivity contribution < 1.29 is 9.84 Å². The van der Waals surface area contributed by atoms with Crippen LogP contribution < -0.4 is 4.74 Å². The van der Waals surface area contributed by atoms with E-state index in [2.05, 4.69) is 34.1 Å². The van der Waals surface area contributed by atoms with Gasteiger partial charge in [-0.25, -0.2) is 0 Å². The van der Waals surface area contributed by atoms with Gasteiger partial charge in [0.25, 0.3) is 0 Å². The molecule has 2 heterocycles. The largest absolute Gasteiger partial charge is 0.492 e. The molecule has 146 valence electrons. The molecule has 2 saturated heterocycles. The number of nitrogens with zero attached hydrogens (tertiary/aromatic N) is 2. The van der Waals surface area contributed by atoms with Gasteiger partial charge in [-0.15, -0.1) is 0 Å². The smallest absolute Gasteiger partial charge is 0.123 e. The Morgan fingerprint density at radius 1 is 1.04 bits per heavy atom. The highest BCUT2D eigenvalue weighted by Crippen LogP contribution is 2.29. The molecule has 4 nitrogen and oxygen atoms in total. The van der Waals surface area contributed by atoms with Crippen molar-refractivity contribution in [1.82, 2.24) is 9.80 Å². The molecule has 1 atom stereocenters. The van der Waals surface area contributed by atoms with E-state index in [9.17, 15) is 5.11 Å². The highest BCUT2D eigenvalue weighted by Gasteiger charge is 2.31. The van der Waals surface area contributed by atoms with Gasteiger partial charge >= 0.3 is 0 Å². The Hall–Kier alpha value is -1.10. The molecule has 2 fully saturated rings. The normalized spacial score (nSPS) is 23.1. The number of benzene rings is 1. The minimum atomic E-state index is -0.594. The van der Waals surface area contributed by atoms with E-state index in [1.165, 1.54) is 37.9 Å². The number of rotatable bonds is 7. The molecule has 1 aromatic rings. The number of hydrogen-bond donors (Lipinski definition) is 1. The van der Waals surface area contributed by atoms with Gasteiger partial charge in [-0.1, -0.05) is 24.6 Å². The van der Waals surface area contributed by atoms with Gasteiger partial charge in [0, 0.05) is 25.2 Å². The van der Waals surface area contributed by atoms with E-state index in [0.29, 0.717) is 5.92 Å². The van der Waals surface area contributed by atoms with Crippen LogP contribution in [0, 0.1) is 5.92 Å². The summed E-state index contributed by atoms with van der Waals surface area (Å²) in [7, 11) is 0. The summed E-state index contributed by atoms with van der Waals surface area (Å²) in [6, 6.07) is 8.45. The van der Waals surface area contributed by atoms with Crippen molar-refractivity contribution in [3.8, 4) is 5.75 Å². The van der Waals surface area contributed by atoms with Gasteiger partial charge in [0.15, 0.2) is 0 Å². The molecule has 0 saturated carbocycles. The molecule has 26 heavy (non-hydrogen) atoms. The van der Waals surface area contributed by atoms with E-state index < -0.39 is 5.60 Å². The molecule has 0 bridgehead atoms. The van der Waals surface area contributed by atoms with E-state index in [0.717, 1.165) is 51.4 Å². The minimum absolute atomic E-state index is 0.350. The highest BCUT2D eigenvalue weighted by atomic mass is 16.5. The van der Waals surface area contributed by atoms with E-state index in [4.69, 9.17) is 4.74 Å². The van der Waals surface area contributed by atoms with Crippen molar-refractivity contribution in [3.05, 3.63) is 29.8 Å². The second kappa shape index (κ2) is 9.20. The Kier molecular flexibility index (Phi) is 6.96. The summed E-state index contributed by atoms with van der Waals surface area (Å²) in [5.74, 6) is 1.37. The molecule has 0 aromatic heterocycles. The summed E-state index contributed by atoms with van der Waals surface area (Å²) in [5, 5.41) is 10.4. The monoisotopic (exact) mass is 360 g/mol. The highest BCUT2D eigenvalue weighted by molar-refractivity contribution is 5.33. The fourth-order valence-electron chi connectivity index (χ4n) is 4.26. The lowest BCUT2D eigenvalue weighted by molar-refractivity contribution is -0.0199. The van der Waals surface area contributed by atoms with Gasteiger partial charge in [-0.3, -0.25) is 9.80 Å². The van der Waals surface area contributed by atoms with E-state index >= 15 is 0 Å². The molecule has 3 rings (SSSR count). The van der Waals surface area contributed by atoms with Gasteiger partial charge in [0.1, 0.15) is 12.4 Å². The Bertz CT molecular complexity index is 549. The zero-order chi connectivity index (χ0) is 18.4. The Balaban J connectivity index is 1.53.